The fourth-order valence-electron chi connectivity index (χ4n) is 3.38. The molecule has 2 aromatic carbocycles. The number of likely N-dealkylation sites (tertiary alicyclic amines) is 1. The minimum atomic E-state index is 0.00184. The van der Waals surface area contributed by atoms with E-state index in [4.69, 9.17) is 5.73 Å². The van der Waals surface area contributed by atoms with Crippen molar-refractivity contribution < 1.29 is 9.59 Å². The Morgan fingerprint density at radius 3 is 2.21 bits per heavy atom. The number of hydrogen-bond donors (Lipinski definition) is 1. The number of nitrogens with two attached hydrogens (primary N) is 1. The van der Waals surface area contributed by atoms with Crippen LogP contribution in [0, 0.1) is 5.92 Å². The highest BCUT2D eigenvalue weighted by Gasteiger charge is 2.35. The zero-order valence-electron chi connectivity index (χ0n) is 13.8. The molecular formula is C20H22N2O2. The molecule has 1 aliphatic rings. The molecule has 24 heavy (non-hydrogen) atoms. The van der Waals surface area contributed by atoms with Crippen LogP contribution in [0.3, 0.4) is 0 Å². The summed E-state index contributed by atoms with van der Waals surface area (Å²) in [5.41, 5.74) is 8.41. The van der Waals surface area contributed by atoms with Crippen molar-refractivity contribution in [2.24, 2.45) is 11.7 Å². The molecule has 0 saturated carbocycles. The van der Waals surface area contributed by atoms with Crippen LogP contribution >= 0.6 is 0 Å². The second-order valence-corrected chi connectivity index (χ2v) is 6.36. The number of ketones is 1. The van der Waals surface area contributed by atoms with E-state index in [2.05, 4.69) is 12.1 Å². The predicted molar refractivity (Wildman–Crippen MR) is 94.1 cm³/mol. The molecule has 1 aliphatic heterocycles. The second kappa shape index (κ2) is 6.97. The van der Waals surface area contributed by atoms with Crippen molar-refractivity contribution in [1.82, 2.24) is 4.90 Å². The van der Waals surface area contributed by atoms with Gasteiger partial charge in [0, 0.05) is 30.1 Å². The van der Waals surface area contributed by atoms with Crippen molar-refractivity contribution in [2.75, 3.05) is 19.6 Å². The maximum Gasteiger partial charge on any atom is 0.253 e. The normalized spacial score (nSPS) is 20.2. The summed E-state index contributed by atoms with van der Waals surface area (Å²) in [5, 5.41) is 0. The Morgan fingerprint density at radius 2 is 1.62 bits per heavy atom. The predicted octanol–water partition coefficient (Wildman–Crippen LogP) is 2.70. The van der Waals surface area contributed by atoms with E-state index in [0.717, 1.165) is 0 Å². The molecule has 1 fully saturated rings. The first-order valence-electron chi connectivity index (χ1n) is 8.25. The number of carbonyl (C=O) groups is 2. The first-order chi connectivity index (χ1) is 11.6. The van der Waals surface area contributed by atoms with Crippen LogP contribution < -0.4 is 5.73 Å². The average molecular weight is 322 g/mol. The summed E-state index contributed by atoms with van der Waals surface area (Å²) in [7, 11) is 0. The van der Waals surface area contributed by atoms with E-state index in [1.807, 2.05) is 23.1 Å². The van der Waals surface area contributed by atoms with Gasteiger partial charge in [0.25, 0.3) is 5.91 Å². The number of Topliss-reactive ketones (excluding diaryl/α,β-unsaturated/α-hetero) is 1. The minimum absolute atomic E-state index is 0.00184. The number of rotatable bonds is 4. The van der Waals surface area contributed by atoms with Gasteiger partial charge in [-0.2, -0.15) is 0 Å². The Labute approximate surface area is 142 Å². The lowest BCUT2D eigenvalue weighted by Gasteiger charge is -2.17. The molecule has 1 heterocycles. The van der Waals surface area contributed by atoms with Crippen LogP contribution in [0.15, 0.2) is 54.6 Å². The topological polar surface area (TPSA) is 63.4 Å². The van der Waals surface area contributed by atoms with Crippen LogP contribution in [0.5, 0.6) is 0 Å². The van der Waals surface area contributed by atoms with E-state index in [-0.39, 0.29) is 23.5 Å². The third-order valence-corrected chi connectivity index (χ3v) is 4.80. The van der Waals surface area contributed by atoms with Crippen LogP contribution in [-0.2, 0) is 0 Å². The molecule has 0 aliphatic carbocycles. The fourth-order valence-corrected chi connectivity index (χ4v) is 3.38. The summed E-state index contributed by atoms with van der Waals surface area (Å²) in [6.45, 7) is 3.43. The lowest BCUT2D eigenvalue weighted by molar-refractivity contribution is 0.0786. The van der Waals surface area contributed by atoms with Gasteiger partial charge in [0.1, 0.15) is 0 Å². The summed E-state index contributed by atoms with van der Waals surface area (Å²) in [5.74, 6) is 0.550. The first kappa shape index (κ1) is 16.4. The van der Waals surface area contributed by atoms with Crippen molar-refractivity contribution in [3.63, 3.8) is 0 Å². The zero-order chi connectivity index (χ0) is 17.1. The SMILES string of the molecule is CC(=O)c1ccc(C(=O)N2C[C@@H](CN)[C@H](c3ccccc3)C2)cc1. The van der Waals surface area contributed by atoms with Gasteiger partial charge in [0.15, 0.2) is 5.78 Å². The minimum Gasteiger partial charge on any atom is -0.338 e. The standard InChI is InChI=1S/C20H22N2O2/c1-14(23)15-7-9-17(10-8-15)20(24)22-12-18(11-21)19(13-22)16-5-3-2-4-6-16/h2-10,18-19H,11-13,21H2,1H3/t18-,19+/m1/s1. The van der Waals surface area contributed by atoms with Gasteiger partial charge in [0.05, 0.1) is 0 Å². The molecule has 0 radical (unpaired) electrons. The van der Waals surface area contributed by atoms with E-state index in [0.29, 0.717) is 30.8 Å². The smallest absolute Gasteiger partial charge is 0.253 e. The van der Waals surface area contributed by atoms with Gasteiger partial charge >= 0.3 is 0 Å². The Morgan fingerprint density at radius 1 is 1.00 bits per heavy atom. The molecule has 2 atom stereocenters. The van der Waals surface area contributed by atoms with E-state index in [1.165, 1.54) is 12.5 Å². The Bertz CT molecular complexity index is 725. The van der Waals surface area contributed by atoms with Crippen molar-refractivity contribution in [3.05, 3.63) is 71.3 Å². The summed E-state index contributed by atoms with van der Waals surface area (Å²) in [6.07, 6.45) is 0. The van der Waals surface area contributed by atoms with Crippen molar-refractivity contribution >= 4 is 11.7 Å². The van der Waals surface area contributed by atoms with E-state index >= 15 is 0 Å². The lowest BCUT2D eigenvalue weighted by Crippen LogP contribution is -2.29. The number of benzene rings is 2. The zero-order valence-corrected chi connectivity index (χ0v) is 13.8. The highest BCUT2D eigenvalue weighted by molar-refractivity contribution is 5.97. The van der Waals surface area contributed by atoms with Crippen molar-refractivity contribution in [2.45, 2.75) is 12.8 Å². The molecule has 4 heteroatoms. The molecule has 4 nitrogen and oxygen atoms in total. The number of hydrogen-bond acceptors (Lipinski definition) is 3. The average Bonchev–Trinajstić information content (AvgIpc) is 3.06. The van der Waals surface area contributed by atoms with E-state index < -0.39 is 0 Å². The van der Waals surface area contributed by atoms with Crippen LogP contribution in [0.4, 0.5) is 0 Å². The molecule has 124 valence electrons. The molecule has 2 N–H and O–H groups in total. The van der Waals surface area contributed by atoms with Crippen LogP contribution in [0.1, 0.15) is 39.1 Å². The Hall–Kier alpha value is -2.46. The third kappa shape index (κ3) is 3.24. The van der Waals surface area contributed by atoms with Crippen molar-refractivity contribution in [1.29, 1.82) is 0 Å². The maximum absolute atomic E-state index is 12.8. The van der Waals surface area contributed by atoms with Crippen LogP contribution in [0.25, 0.3) is 0 Å². The Balaban J connectivity index is 1.77. The first-order valence-corrected chi connectivity index (χ1v) is 8.25. The quantitative estimate of drug-likeness (QED) is 0.880. The molecule has 1 amide bonds. The monoisotopic (exact) mass is 322 g/mol. The molecule has 2 aromatic rings. The van der Waals surface area contributed by atoms with Gasteiger partial charge in [0.2, 0.25) is 0 Å². The lowest BCUT2D eigenvalue weighted by atomic mass is 9.89. The molecular weight excluding hydrogens is 300 g/mol. The maximum atomic E-state index is 12.8. The van der Waals surface area contributed by atoms with Crippen LogP contribution in [0.2, 0.25) is 0 Å². The summed E-state index contributed by atoms with van der Waals surface area (Å²) in [6, 6.07) is 17.1. The van der Waals surface area contributed by atoms with Crippen LogP contribution in [-0.4, -0.2) is 36.2 Å². The third-order valence-electron chi connectivity index (χ3n) is 4.80. The molecule has 1 saturated heterocycles. The van der Waals surface area contributed by atoms with E-state index in [9.17, 15) is 9.59 Å². The Kier molecular flexibility index (Phi) is 4.76. The van der Waals surface area contributed by atoms with Gasteiger partial charge in [-0.3, -0.25) is 9.59 Å². The molecule has 0 aromatic heterocycles. The van der Waals surface area contributed by atoms with Gasteiger partial charge in [-0.05, 0) is 37.1 Å². The molecule has 0 unspecified atom stereocenters. The molecule has 0 bridgehead atoms. The van der Waals surface area contributed by atoms with Gasteiger partial charge in [-0.25, -0.2) is 0 Å². The van der Waals surface area contributed by atoms with Gasteiger partial charge in [-0.1, -0.05) is 42.5 Å². The van der Waals surface area contributed by atoms with Gasteiger partial charge in [-0.15, -0.1) is 0 Å². The highest BCUT2D eigenvalue weighted by Crippen LogP contribution is 2.32. The van der Waals surface area contributed by atoms with Crippen molar-refractivity contribution in [3.8, 4) is 0 Å². The summed E-state index contributed by atoms with van der Waals surface area (Å²) < 4.78 is 0. The van der Waals surface area contributed by atoms with E-state index in [1.54, 1.807) is 24.3 Å². The summed E-state index contributed by atoms with van der Waals surface area (Å²) >= 11 is 0. The number of nitrogens with zero attached hydrogens (tertiary/aromatic N) is 1. The number of carbonyl (C=O) groups excluding carboxylic acids is 2. The second-order valence-electron chi connectivity index (χ2n) is 6.36. The largest absolute Gasteiger partial charge is 0.338 e. The molecule has 3 rings (SSSR count). The highest BCUT2D eigenvalue weighted by atomic mass is 16.2. The van der Waals surface area contributed by atoms with Gasteiger partial charge < -0.3 is 10.6 Å². The summed E-state index contributed by atoms with van der Waals surface area (Å²) in [4.78, 5) is 26.0. The molecule has 0 spiro atoms. The fraction of sp³-hybridized carbons (Fsp3) is 0.300. The number of amides is 1.